The van der Waals surface area contributed by atoms with Gasteiger partial charge in [0, 0.05) is 31.3 Å². The zero-order valence-corrected chi connectivity index (χ0v) is 11.6. The number of hydrogen-bond donors (Lipinski definition) is 2. The SMILES string of the molecule is CC1(C)CN(c2ccccc2C#N)C(CCO)CN1. The van der Waals surface area contributed by atoms with Gasteiger partial charge in [-0.15, -0.1) is 0 Å². The van der Waals surface area contributed by atoms with Crippen LogP contribution < -0.4 is 10.2 Å². The second-order valence-electron chi connectivity index (χ2n) is 5.69. The van der Waals surface area contributed by atoms with Crippen LogP contribution in [0.15, 0.2) is 24.3 Å². The van der Waals surface area contributed by atoms with Gasteiger partial charge in [0.1, 0.15) is 6.07 Å². The van der Waals surface area contributed by atoms with Crippen LogP contribution in [0.3, 0.4) is 0 Å². The Labute approximate surface area is 114 Å². The van der Waals surface area contributed by atoms with Gasteiger partial charge in [0.05, 0.1) is 11.3 Å². The summed E-state index contributed by atoms with van der Waals surface area (Å²) in [5.74, 6) is 0. The van der Waals surface area contributed by atoms with Crippen molar-refractivity contribution >= 4 is 5.69 Å². The van der Waals surface area contributed by atoms with E-state index in [2.05, 4.69) is 30.1 Å². The van der Waals surface area contributed by atoms with E-state index in [0.717, 1.165) is 18.8 Å². The molecule has 2 N–H and O–H groups in total. The lowest BCUT2D eigenvalue weighted by Gasteiger charge is -2.46. The number of aliphatic hydroxyl groups is 1. The second kappa shape index (κ2) is 5.60. The first-order valence-electron chi connectivity index (χ1n) is 6.69. The zero-order valence-electron chi connectivity index (χ0n) is 11.6. The fourth-order valence-electron chi connectivity index (χ4n) is 2.62. The van der Waals surface area contributed by atoms with Gasteiger partial charge in [0.15, 0.2) is 0 Å². The van der Waals surface area contributed by atoms with Crippen molar-refractivity contribution in [3.63, 3.8) is 0 Å². The molecule has 4 nitrogen and oxygen atoms in total. The van der Waals surface area contributed by atoms with E-state index in [1.165, 1.54) is 0 Å². The summed E-state index contributed by atoms with van der Waals surface area (Å²) in [6.45, 7) is 6.13. The summed E-state index contributed by atoms with van der Waals surface area (Å²) in [5.41, 5.74) is 1.68. The van der Waals surface area contributed by atoms with E-state index < -0.39 is 0 Å². The van der Waals surface area contributed by atoms with E-state index in [-0.39, 0.29) is 18.2 Å². The van der Waals surface area contributed by atoms with Crippen LogP contribution in [0.25, 0.3) is 0 Å². The predicted molar refractivity (Wildman–Crippen MR) is 76.1 cm³/mol. The number of rotatable bonds is 3. The van der Waals surface area contributed by atoms with Gasteiger partial charge in [-0.2, -0.15) is 5.26 Å². The van der Waals surface area contributed by atoms with Gasteiger partial charge in [0.25, 0.3) is 0 Å². The Kier molecular flexibility index (Phi) is 4.08. The van der Waals surface area contributed by atoms with Crippen LogP contribution in [-0.2, 0) is 0 Å². The Morgan fingerprint density at radius 3 is 2.89 bits per heavy atom. The van der Waals surface area contributed by atoms with Crippen molar-refractivity contribution in [3.05, 3.63) is 29.8 Å². The Balaban J connectivity index is 2.34. The maximum atomic E-state index is 9.25. The number of aliphatic hydroxyl groups excluding tert-OH is 1. The van der Waals surface area contributed by atoms with E-state index in [1.807, 2.05) is 24.3 Å². The summed E-state index contributed by atoms with van der Waals surface area (Å²) >= 11 is 0. The fourth-order valence-corrected chi connectivity index (χ4v) is 2.62. The Bertz CT molecular complexity index is 479. The standard InChI is InChI=1S/C15H21N3O/c1-15(2)11-18(13(7-8-19)10-17-15)14-6-4-3-5-12(14)9-16/h3-6,13,17,19H,7-8,10-11H2,1-2H3. The first kappa shape index (κ1) is 13.9. The van der Waals surface area contributed by atoms with Gasteiger partial charge in [0.2, 0.25) is 0 Å². The number of piperazine rings is 1. The molecular weight excluding hydrogens is 238 g/mol. The number of benzene rings is 1. The highest BCUT2D eigenvalue weighted by molar-refractivity contribution is 5.60. The number of nitrogens with zero attached hydrogens (tertiary/aromatic N) is 2. The molecule has 1 aliphatic heterocycles. The van der Waals surface area contributed by atoms with E-state index in [9.17, 15) is 10.4 Å². The van der Waals surface area contributed by atoms with E-state index >= 15 is 0 Å². The molecule has 0 spiro atoms. The maximum Gasteiger partial charge on any atom is 0.101 e. The molecule has 19 heavy (non-hydrogen) atoms. The summed E-state index contributed by atoms with van der Waals surface area (Å²) in [6, 6.07) is 10.2. The quantitative estimate of drug-likeness (QED) is 0.863. The molecule has 0 radical (unpaired) electrons. The first-order chi connectivity index (χ1) is 9.07. The molecule has 1 aromatic rings. The van der Waals surface area contributed by atoms with Gasteiger partial charge < -0.3 is 15.3 Å². The second-order valence-corrected chi connectivity index (χ2v) is 5.69. The smallest absolute Gasteiger partial charge is 0.101 e. The monoisotopic (exact) mass is 259 g/mol. The van der Waals surface area contributed by atoms with Crippen molar-refractivity contribution in [2.24, 2.45) is 0 Å². The average molecular weight is 259 g/mol. The third-order valence-electron chi connectivity index (χ3n) is 3.62. The van der Waals surface area contributed by atoms with Gasteiger partial charge in [-0.25, -0.2) is 0 Å². The van der Waals surface area contributed by atoms with Crippen molar-refractivity contribution < 1.29 is 5.11 Å². The minimum Gasteiger partial charge on any atom is -0.396 e. The highest BCUT2D eigenvalue weighted by Gasteiger charge is 2.33. The van der Waals surface area contributed by atoms with Crippen molar-refractivity contribution in [1.29, 1.82) is 5.26 Å². The molecule has 1 aliphatic rings. The molecule has 0 amide bonds. The first-order valence-corrected chi connectivity index (χ1v) is 6.69. The Hall–Kier alpha value is -1.57. The molecule has 2 rings (SSSR count). The van der Waals surface area contributed by atoms with E-state index in [4.69, 9.17) is 0 Å². The van der Waals surface area contributed by atoms with Crippen LogP contribution in [0.5, 0.6) is 0 Å². The molecule has 102 valence electrons. The van der Waals surface area contributed by atoms with Crippen molar-refractivity contribution in [3.8, 4) is 6.07 Å². The van der Waals surface area contributed by atoms with Gasteiger partial charge in [-0.3, -0.25) is 0 Å². The fraction of sp³-hybridized carbons (Fsp3) is 0.533. The molecule has 0 saturated carbocycles. The molecule has 1 unspecified atom stereocenters. The molecule has 1 aromatic carbocycles. The molecule has 4 heteroatoms. The number of nitrogens with one attached hydrogen (secondary N) is 1. The van der Waals surface area contributed by atoms with Gasteiger partial charge >= 0.3 is 0 Å². The lowest BCUT2D eigenvalue weighted by atomic mass is 9.96. The minimum atomic E-state index is 0.00846. The normalized spacial score (nSPS) is 22.0. The molecule has 1 saturated heterocycles. The Morgan fingerprint density at radius 2 is 2.21 bits per heavy atom. The summed E-state index contributed by atoms with van der Waals surface area (Å²) in [7, 11) is 0. The number of para-hydroxylation sites is 1. The molecule has 1 heterocycles. The summed E-state index contributed by atoms with van der Waals surface area (Å²) in [5, 5.41) is 22.0. The summed E-state index contributed by atoms with van der Waals surface area (Å²) < 4.78 is 0. The van der Waals surface area contributed by atoms with Crippen LogP contribution in [0.2, 0.25) is 0 Å². The summed E-state index contributed by atoms with van der Waals surface area (Å²) in [6.07, 6.45) is 0.711. The molecule has 0 bridgehead atoms. The topological polar surface area (TPSA) is 59.3 Å². The van der Waals surface area contributed by atoms with Gasteiger partial charge in [-0.1, -0.05) is 12.1 Å². The van der Waals surface area contributed by atoms with Crippen molar-refractivity contribution in [1.82, 2.24) is 5.32 Å². The van der Waals surface area contributed by atoms with Crippen LogP contribution in [0.1, 0.15) is 25.8 Å². The largest absolute Gasteiger partial charge is 0.396 e. The lowest BCUT2D eigenvalue weighted by molar-refractivity contribution is 0.241. The highest BCUT2D eigenvalue weighted by atomic mass is 16.3. The third kappa shape index (κ3) is 3.06. The lowest BCUT2D eigenvalue weighted by Crippen LogP contribution is -2.62. The predicted octanol–water partition coefficient (Wildman–Crippen LogP) is 1.50. The van der Waals surface area contributed by atoms with Crippen LogP contribution in [0, 0.1) is 11.3 Å². The minimum absolute atomic E-state index is 0.00846. The number of anilines is 1. The van der Waals surface area contributed by atoms with E-state index in [0.29, 0.717) is 12.0 Å². The average Bonchev–Trinajstić information content (AvgIpc) is 2.40. The van der Waals surface area contributed by atoms with Crippen LogP contribution in [0.4, 0.5) is 5.69 Å². The number of nitriles is 1. The van der Waals surface area contributed by atoms with Gasteiger partial charge in [-0.05, 0) is 32.4 Å². The van der Waals surface area contributed by atoms with Crippen molar-refractivity contribution in [2.75, 3.05) is 24.6 Å². The molecule has 1 atom stereocenters. The zero-order chi connectivity index (χ0) is 13.9. The molecule has 1 fully saturated rings. The molecule has 0 aliphatic carbocycles. The number of hydrogen-bond acceptors (Lipinski definition) is 4. The van der Waals surface area contributed by atoms with Crippen LogP contribution >= 0.6 is 0 Å². The van der Waals surface area contributed by atoms with Crippen molar-refractivity contribution in [2.45, 2.75) is 31.8 Å². The highest BCUT2D eigenvalue weighted by Crippen LogP contribution is 2.27. The molecule has 0 aromatic heterocycles. The third-order valence-corrected chi connectivity index (χ3v) is 3.62. The molecular formula is C15H21N3O. The van der Waals surface area contributed by atoms with Crippen LogP contribution in [-0.4, -0.2) is 36.4 Å². The van der Waals surface area contributed by atoms with E-state index in [1.54, 1.807) is 0 Å². The maximum absolute atomic E-state index is 9.25. The summed E-state index contributed by atoms with van der Waals surface area (Å²) in [4.78, 5) is 2.26. The Morgan fingerprint density at radius 1 is 1.47 bits per heavy atom.